The largest absolute Gasteiger partial charge is 0.381 e. The highest BCUT2D eigenvalue weighted by atomic mass is 16.1. The van der Waals surface area contributed by atoms with Crippen LogP contribution in [0.4, 0.5) is 0 Å². The van der Waals surface area contributed by atoms with Crippen LogP contribution < -0.4 is 5.32 Å². The molecule has 0 bridgehead atoms. The first-order valence-corrected chi connectivity index (χ1v) is 4.64. The lowest BCUT2D eigenvalue weighted by atomic mass is 10.1. The maximum absolute atomic E-state index is 9.81. The maximum atomic E-state index is 9.81. The average molecular weight is 165 g/mol. The minimum absolute atomic E-state index is 0.549. The molecule has 0 amide bonds. The van der Waals surface area contributed by atoms with E-state index in [9.17, 15) is 4.79 Å². The van der Waals surface area contributed by atoms with Gasteiger partial charge in [-0.25, -0.2) is 4.79 Å². The van der Waals surface area contributed by atoms with E-state index >= 15 is 0 Å². The van der Waals surface area contributed by atoms with Crippen LogP contribution in [0.1, 0.15) is 38.5 Å². The second kappa shape index (κ2) is 5.65. The fraction of sp³-hybridized carbons (Fsp3) is 0.700. The summed E-state index contributed by atoms with van der Waals surface area (Å²) in [6.45, 7) is 0. The summed E-state index contributed by atoms with van der Waals surface area (Å²) in [6, 6.07) is 0.549. The first-order valence-electron chi connectivity index (χ1n) is 4.64. The molecule has 0 unspecified atom stereocenters. The van der Waals surface area contributed by atoms with E-state index in [1.807, 2.05) is 0 Å². The summed E-state index contributed by atoms with van der Waals surface area (Å²) in [5.41, 5.74) is 2.37. The maximum Gasteiger partial charge on any atom is 0.178 e. The molecular weight excluding hydrogens is 150 g/mol. The number of hydrogen-bond donors (Lipinski definition) is 1. The van der Waals surface area contributed by atoms with Gasteiger partial charge in [0.25, 0.3) is 0 Å². The molecule has 0 heterocycles. The Kier molecular flexibility index (Phi) is 4.30. The van der Waals surface area contributed by atoms with Crippen molar-refractivity contribution < 1.29 is 4.79 Å². The van der Waals surface area contributed by atoms with Gasteiger partial charge in [-0.05, 0) is 18.6 Å². The minimum Gasteiger partial charge on any atom is -0.381 e. The zero-order valence-corrected chi connectivity index (χ0v) is 7.31. The predicted molar refractivity (Wildman–Crippen MR) is 48.4 cm³/mol. The Labute approximate surface area is 73.4 Å². The van der Waals surface area contributed by atoms with Crippen LogP contribution in [0.5, 0.6) is 0 Å². The lowest BCUT2D eigenvalue weighted by Crippen LogP contribution is -2.22. The average Bonchev–Trinajstić information content (AvgIpc) is 2.33. The Morgan fingerprint density at radius 2 is 1.83 bits per heavy atom. The van der Waals surface area contributed by atoms with E-state index in [1.165, 1.54) is 38.5 Å². The van der Waals surface area contributed by atoms with E-state index in [0.717, 1.165) is 0 Å². The summed E-state index contributed by atoms with van der Waals surface area (Å²) in [4.78, 5) is 9.81. The minimum atomic E-state index is 0.549. The Balaban J connectivity index is 2.29. The van der Waals surface area contributed by atoms with Gasteiger partial charge in [-0.1, -0.05) is 25.7 Å². The van der Waals surface area contributed by atoms with E-state index in [4.69, 9.17) is 0 Å². The van der Waals surface area contributed by atoms with Gasteiger partial charge in [0.15, 0.2) is 5.94 Å². The number of hydrogen-bond acceptors (Lipinski definition) is 2. The molecule has 2 nitrogen and oxygen atoms in total. The lowest BCUT2D eigenvalue weighted by Gasteiger charge is -2.12. The van der Waals surface area contributed by atoms with Crippen molar-refractivity contribution in [2.45, 2.75) is 44.6 Å². The molecule has 0 radical (unpaired) electrons. The molecule has 1 saturated carbocycles. The first-order chi connectivity index (χ1) is 5.93. The van der Waals surface area contributed by atoms with Crippen molar-refractivity contribution in [2.75, 3.05) is 0 Å². The predicted octanol–water partition coefficient (Wildman–Crippen LogP) is 1.80. The van der Waals surface area contributed by atoms with Crippen LogP contribution in [-0.2, 0) is 4.79 Å². The monoisotopic (exact) mass is 165 g/mol. The topological polar surface area (TPSA) is 29.1 Å². The van der Waals surface area contributed by atoms with E-state index in [0.29, 0.717) is 6.04 Å². The van der Waals surface area contributed by atoms with Gasteiger partial charge >= 0.3 is 0 Å². The molecule has 2 heteroatoms. The van der Waals surface area contributed by atoms with Gasteiger partial charge in [-0.2, -0.15) is 0 Å². The fourth-order valence-electron chi connectivity index (χ4n) is 1.64. The Morgan fingerprint density at radius 1 is 1.17 bits per heavy atom. The first kappa shape index (κ1) is 9.12. The molecule has 0 saturated heterocycles. The molecule has 1 rings (SSSR count). The smallest absolute Gasteiger partial charge is 0.178 e. The summed E-state index contributed by atoms with van der Waals surface area (Å²) in [5, 5.41) is 3.16. The van der Waals surface area contributed by atoms with Gasteiger partial charge < -0.3 is 5.32 Å². The van der Waals surface area contributed by atoms with Crippen molar-refractivity contribution in [1.82, 2.24) is 5.32 Å². The molecule has 1 N–H and O–H groups in total. The molecule has 66 valence electrons. The van der Waals surface area contributed by atoms with Gasteiger partial charge in [-0.15, -0.1) is 0 Å². The van der Waals surface area contributed by atoms with Crippen LogP contribution in [0.25, 0.3) is 0 Å². The molecule has 0 aromatic carbocycles. The standard InChI is InChI=1S/C10H15NO/c12-9-5-8-11-10-6-3-1-2-4-7-10/h8,10-11H,1-4,6-7H2. The van der Waals surface area contributed by atoms with Gasteiger partial charge in [0.05, 0.1) is 6.20 Å². The summed E-state index contributed by atoms with van der Waals surface area (Å²) in [5.74, 6) is 1.60. The molecule has 12 heavy (non-hydrogen) atoms. The molecule has 0 spiro atoms. The molecular formula is C10H15NO. The van der Waals surface area contributed by atoms with Crippen LogP contribution in [0.15, 0.2) is 11.9 Å². The molecule has 1 aliphatic rings. The second-order valence-corrected chi connectivity index (χ2v) is 3.25. The van der Waals surface area contributed by atoms with Crippen molar-refractivity contribution in [1.29, 1.82) is 0 Å². The van der Waals surface area contributed by atoms with Gasteiger partial charge in [0.2, 0.25) is 0 Å². The molecule has 0 aliphatic heterocycles. The third-order valence-corrected chi connectivity index (χ3v) is 2.31. The lowest BCUT2D eigenvalue weighted by molar-refractivity contribution is 0.517. The van der Waals surface area contributed by atoms with Crippen molar-refractivity contribution in [3.8, 4) is 0 Å². The molecule has 0 aromatic rings. The van der Waals surface area contributed by atoms with Crippen LogP contribution in [0.2, 0.25) is 0 Å². The normalized spacial score (nSPS) is 18.7. The highest BCUT2D eigenvalue weighted by Crippen LogP contribution is 2.16. The van der Waals surface area contributed by atoms with E-state index in [-0.39, 0.29) is 0 Å². The second-order valence-electron chi connectivity index (χ2n) is 3.25. The molecule has 0 atom stereocenters. The molecule has 0 aromatic heterocycles. The number of nitrogens with one attached hydrogen (secondary N) is 1. The SMILES string of the molecule is O=C=C=CNC1CCCCCC1. The molecule has 1 fully saturated rings. The van der Waals surface area contributed by atoms with Crippen LogP contribution in [-0.4, -0.2) is 12.0 Å². The van der Waals surface area contributed by atoms with Crippen LogP contribution in [0, 0.1) is 0 Å². The van der Waals surface area contributed by atoms with Gasteiger partial charge in [0, 0.05) is 6.04 Å². The van der Waals surface area contributed by atoms with E-state index in [1.54, 1.807) is 12.1 Å². The van der Waals surface area contributed by atoms with Crippen molar-refractivity contribution >= 4 is 5.94 Å². The van der Waals surface area contributed by atoms with Crippen LogP contribution in [0.3, 0.4) is 0 Å². The summed E-state index contributed by atoms with van der Waals surface area (Å²) in [7, 11) is 0. The van der Waals surface area contributed by atoms with Crippen molar-refractivity contribution in [3.63, 3.8) is 0 Å². The van der Waals surface area contributed by atoms with E-state index in [2.05, 4.69) is 11.0 Å². The summed E-state index contributed by atoms with van der Waals surface area (Å²) >= 11 is 0. The van der Waals surface area contributed by atoms with Crippen molar-refractivity contribution in [3.05, 3.63) is 11.9 Å². The quantitative estimate of drug-likeness (QED) is 0.384. The fourth-order valence-corrected chi connectivity index (χ4v) is 1.64. The summed E-state index contributed by atoms with van der Waals surface area (Å²) < 4.78 is 0. The highest BCUT2D eigenvalue weighted by Gasteiger charge is 2.09. The Morgan fingerprint density at radius 3 is 2.42 bits per heavy atom. The van der Waals surface area contributed by atoms with Gasteiger partial charge in [-0.3, -0.25) is 0 Å². The third-order valence-electron chi connectivity index (χ3n) is 2.31. The molecule has 1 aliphatic carbocycles. The Hall–Kier alpha value is -0.970. The van der Waals surface area contributed by atoms with Crippen molar-refractivity contribution in [2.24, 2.45) is 0 Å². The highest BCUT2D eigenvalue weighted by molar-refractivity contribution is 5.43. The third kappa shape index (κ3) is 3.43. The zero-order valence-electron chi connectivity index (χ0n) is 7.31. The zero-order chi connectivity index (χ0) is 8.65. The van der Waals surface area contributed by atoms with Gasteiger partial charge in [0.1, 0.15) is 0 Å². The number of carbonyl (C=O) groups excluding carboxylic acids is 1. The summed E-state index contributed by atoms with van der Waals surface area (Å²) in [6.07, 6.45) is 9.33. The Bertz CT molecular complexity index is 192. The number of rotatable bonds is 2. The van der Waals surface area contributed by atoms with Crippen LogP contribution >= 0.6 is 0 Å². The van der Waals surface area contributed by atoms with E-state index < -0.39 is 0 Å².